The summed E-state index contributed by atoms with van der Waals surface area (Å²) in [7, 11) is 1.27. The van der Waals surface area contributed by atoms with Crippen LogP contribution in [0.2, 0.25) is 0 Å². The molecule has 0 saturated heterocycles. The standard InChI is InChI=1S/C13H18N2O3/c1-9(13(17)15-8-11(16)18-2)12(14)10-6-4-3-5-7-10/h3-7,9,12H,8,14H2,1-2H3,(H,15,17). The normalized spacial score (nSPS) is 13.5. The maximum absolute atomic E-state index is 11.8. The molecule has 0 fully saturated rings. The van der Waals surface area contributed by atoms with Gasteiger partial charge in [-0.05, 0) is 5.56 Å². The predicted octanol–water partition coefficient (Wildman–Crippen LogP) is 0.612. The molecule has 0 radical (unpaired) electrons. The van der Waals surface area contributed by atoms with Gasteiger partial charge in [0.05, 0.1) is 13.0 Å². The van der Waals surface area contributed by atoms with Crippen LogP contribution in [-0.4, -0.2) is 25.5 Å². The highest BCUT2D eigenvalue weighted by atomic mass is 16.5. The third-order valence-corrected chi connectivity index (χ3v) is 2.77. The van der Waals surface area contributed by atoms with Crippen LogP contribution in [0.15, 0.2) is 30.3 Å². The van der Waals surface area contributed by atoms with Crippen LogP contribution in [0.1, 0.15) is 18.5 Å². The smallest absolute Gasteiger partial charge is 0.325 e. The zero-order valence-electron chi connectivity index (χ0n) is 10.6. The first-order valence-electron chi connectivity index (χ1n) is 5.71. The zero-order chi connectivity index (χ0) is 13.5. The Hall–Kier alpha value is -1.88. The number of rotatable bonds is 5. The summed E-state index contributed by atoms with van der Waals surface area (Å²) in [6.07, 6.45) is 0. The monoisotopic (exact) mass is 250 g/mol. The van der Waals surface area contributed by atoms with E-state index >= 15 is 0 Å². The Labute approximate surface area is 106 Å². The molecule has 1 rings (SSSR count). The zero-order valence-corrected chi connectivity index (χ0v) is 10.6. The largest absolute Gasteiger partial charge is 0.468 e. The lowest BCUT2D eigenvalue weighted by Gasteiger charge is -2.19. The summed E-state index contributed by atoms with van der Waals surface area (Å²) in [5.74, 6) is -1.17. The number of ether oxygens (including phenoxy) is 1. The maximum Gasteiger partial charge on any atom is 0.325 e. The van der Waals surface area contributed by atoms with E-state index in [9.17, 15) is 9.59 Å². The molecule has 0 saturated carbocycles. The number of hydrogen-bond acceptors (Lipinski definition) is 4. The number of carbonyl (C=O) groups is 2. The Morgan fingerprint density at radius 2 is 1.94 bits per heavy atom. The van der Waals surface area contributed by atoms with E-state index in [1.165, 1.54) is 7.11 Å². The molecule has 5 nitrogen and oxygen atoms in total. The van der Waals surface area contributed by atoms with Crippen molar-refractivity contribution in [3.63, 3.8) is 0 Å². The lowest BCUT2D eigenvalue weighted by molar-refractivity contribution is -0.141. The third-order valence-electron chi connectivity index (χ3n) is 2.77. The van der Waals surface area contributed by atoms with Gasteiger partial charge in [0, 0.05) is 6.04 Å². The Morgan fingerprint density at radius 1 is 1.33 bits per heavy atom. The molecule has 1 aromatic rings. The molecule has 0 heterocycles. The van der Waals surface area contributed by atoms with Gasteiger partial charge in [-0.1, -0.05) is 37.3 Å². The minimum atomic E-state index is -0.483. The van der Waals surface area contributed by atoms with Crippen LogP contribution in [-0.2, 0) is 14.3 Å². The SMILES string of the molecule is COC(=O)CNC(=O)C(C)C(N)c1ccccc1. The van der Waals surface area contributed by atoms with Gasteiger partial charge < -0.3 is 15.8 Å². The number of benzene rings is 1. The Morgan fingerprint density at radius 3 is 2.50 bits per heavy atom. The average Bonchev–Trinajstić information content (AvgIpc) is 2.43. The van der Waals surface area contributed by atoms with Crippen LogP contribution in [0.3, 0.4) is 0 Å². The number of nitrogens with two attached hydrogens (primary N) is 1. The Balaban J connectivity index is 2.56. The van der Waals surface area contributed by atoms with E-state index in [2.05, 4.69) is 10.1 Å². The first kappa shape index (κ1) is 14.2. The first-order chi connectivity index (χ1) is 8.56. The second-order valence-electron chi connectivity index (χ2n) is 4.02. The summed E-state index contributed by atoms with van der Waals surface area (Å²) < 4.78 is 4.44. The van der Waals surface area contributed by atoms with E-state index in [1.54, 1.807) is 6.92 Å². The summed E-state index contributed by atoms with van der Waals surface area (Å²) in [6, 6.07) is 8.97. The van der Waals surface area contributed by atoms with Gasteiger partial charge in [0.25, 0.3) is 0 Å². The maximum atomic E-state index is 11.8. The molecule has 0 aliphatic heterocycles. The van der Waals surface area contributed by atoms with Crippen LogP contribution in [0.4, 0.5) is 0 Å². The van der Waals surface area contributed by atoms with Gasteiger partial charge in [-0.2, -0.15) is 0 Å². The van der Waals surface area contributed by atoms with Crippen molar-refractivity contribution in [2.24, 2.45) is 11.7 Å². The molecule has 2 unspecified atom stereocenters. The van der Waals surface area contributed by atoms with Crippen molar-refractivity contribution >= 4 is 11.9 Å². The lowest BCUT2D eigenvalue weighted by Crippen LogP contribution is -2.38. The highest BCUT2D eigenvalue weighted by molar-refractivity contribution is 5.83. The van der Waals surface area contributed by atoms with Gasteiger partial charge in [-0.25, -0.2) is 0 Å². The molecular formula is C13H18N2O3. The summed E-state index contributed by atoms with van der Waals surface area (Å²) in [5.41, 5.74) is 6.89. The molecule has 98 valence electrons. The van der Waals surface area contributed by atoms with Crippen molar-refractivity contribution in [2.45, 2.75) is 13.0 Å². The van der Waals surface area contributed by atoms with E-state index in [0.717, 1.165) is 5.56 Å². The Kier molecular flexibility index (Phi) is 5.32. The quantitative estimate of drug-likeness (QED) is 0.750. The van der Waals surface area contributed by atoms with Gasteiger partial charge >= 0.3 is 5.97 Å². The number of methoxy groups -OCH3 is 1. The topological polar surface area (TPSA) is 81.4 Å². The lowest BCUT2D eigenvalue weighted by atomic mass is 9.95. The molecular weight excluding hydrogens is 232 g/mol. The summed E-state index contributed by atoms with van der Waals surface area (Å²) in [5, 5.41) is 2.49. The van der Waals surface area contributed by atoms with Crippen LogP contribution in [0.5, 0.6) is 0 Å². The summed E-state index contributed by atoms with van der Waals surface area (Å²) in [6.45, 7) is 1.59. The van der Waals surface area contributed by atoms with E-state index in [1.807, 2.05) is 30.3 Å². The van der Waals surface area contributed by atoms with E-state index in [-0.39, 0.29) is 12.5 Å². The predicted molar refractivity (Wildman–Crippen MR) is 67.6 cm³/mol. The van der Waals surface area contributed by atoms with Gasteiger partial charge in [0.1, 0.15) is 6.54 Å². The van der Waals surface area contributed by atoms with Gasteiger partial charge in [-0.3, -0.25) is 9.59 Å². The molecule has 3 N–H and O–H groups in total. The van der Waals surface area contributed by atoms with Gasteiger partial charge in [0.2, 0.25) is 5.91 Å². The van der Waals surface area contributed by atoms with Crippen LogP contribution >= 0.6 is 0 Å². The molecule has 5 heteroatoms. The minimum absolute atomic E-state index is 0.138. The van der Waals surface area contributed by atoms with E-state index in [4.69, 9.17) is 5.73 Å². The highest BCUT2D eigenvalue weighted by Gasteiger charge is 2.22. The van der Waals surface area contributed by atoms with Gasteiger partial charge in [-0.15, -0.1) is 0 Å². The Bertz CT molecular complexity index is 406. The number of carbonyl (C=O) groups excluding carboxylic acids is 2. The van der Waals surface area contributed by atoms with Crippen molar-refractivity contribution in [3.8, 4) is 0 Å². The minimum Gasteiger partial charge on any atom is -0.468 e. The van der Waals surface area contributed by atoms with Crippen LogP contribution in [0, 0.1) is 5.92 Å². The van der Waals surface area contributed by atoms with Crippen molar-refractivity contribution in [3.05, 3.63) is 35.9 Å². The second-order valence-corrected chi connectivity index (χ2v) is 4.02. The van der Waals surface area contributed by atoms with Crippen molar-refractivity contribution < 1.29 is 14.3 Å². The molecule has 0 aliphatic carbocycles. The summed E-state index contributed by atoms with van der Waals surface area (Å²) >= 11 is 0. The molecule has 1 amide bonds. The molecule has 0 bridgehead atoms. The molecule has 0 aliphatic rings. The molecule has 0 spiro atoms. The number of hydrogen-bond donors (Lipinski definition) is 2. The van der Waals surface area contributed by atoms with E-state index < -0.39 is 17.9 Å². The van der Waals surface area contributed by atoms with E-state index in [0.29, 0.717) is 0 Å². The second kappa shape index (κ2) is 6.76. The summed E-state index contributed by atoms with van der Waals surface area (Å²) in [4.78, 5) is 22.7. The fourth-order valence-electron chi connectivity index (χ4n) is 1.52. The van der Waals surface area contributed by atoms with Crippen molar-refractivity contribution in [2.75, 3.05) is 13.7 Å². The fourth-order valence-corrected chi connectivity index (χ4v) is 1.52. The third kappa shape index (κ3) is 3.85. The molecule has 18 heavy (non-hydrogen) atoms. The molecule has 1 aromatic carbocycles. The number of amides is 1. The first-order valence-corrected chi connectivity index (χ1v) is 5.71. The fraction of sp³-hybridized carbons (Fsp3) is 0.385. The van der Waals surface area contributed by atoms with Crippen molar-refractivity contribution in [1.29, 1.82) is 0 Å². The molecule has 0 aromatic heterocycles. The number of esters is 1. The number of nitrogens with one attached hydrogen (secondary N) is 1. The van der Waals surface area contributed by atoms with Crippen LogP contribution in [0.25, 0.3) is 0 Å². The van der Waals surface area contributed by atoms with Crippen molar-refractivity contribution in [1.82, 2.24) is 5.32 Å². The molecule has 2 atom stereocenters. The van der Waals surface area contributed by atoms with Gasteiger partial charge in [0.15, 0.2) is 0 Å². The van der Waals surface area contributed by atoms with Crippen LogP contribution < -0.4 is 11.1 Å². The average molecular weight is 250 g/mol. The highest BCUT2D eigenvalue weighted by Crippen LogP contribution is 2.18.